The predicted molar refractivity (Wildman–Crippen MR) is 126 cm³/mol. The number of hydrogen-bond acceptors (Lipinski definition) is 5. The molecule has 0 radical (unpaired) electrons. The maximum absolute atomic E-state index is 12.9. The van der Waals surface area contributed by atoms with Crippen molar-refractivity contribution < 1.29 is 26.4 Å². The number of aromatic nitrogens is 1. The summed E-state index contributed by atoms with van der Waals surface area (Å²) < 4.78 is 66.0. The van der Waals surface area contributed by atoms with Crippen LogP contribution in [0.5, 0.6) is 0 Å². The molecule has 2 aromatic carbocycles. The maximum atomic E-state index is 12.9. The summed E-state index contributed by atoms with van der Waals surface area (Å²) in [7, 11) is -3.58. The van der Waals surface area contributed by atoms with E-state index in [9.17, 15) is 26.4 Å². The van der Waals surface area contributed by atoms with Crippen LogP contribution in [0.1, 0.15) is 22.3 Å². The molecule has 1 amide bonds. The number of alkyl halides is 3. The fraction of sp³-hybridized carbons (Fsp3) is 0.250. The van der Waals surface area contributed by atoms with E-state index in [4.69, 9.17) is 0 Å². The summed E-state index contributed by atoms with van der Waals surface area (Å²) in [6.45, 7) is 1.73. The standard InChI is InChI=1S/C24H23F3N4O3S/c25-24(26,27)19-7-4-6-18(16-19)23(32)29-20-10-11-22(28-17-20)30-12-5-13-31(15-14-30)35(33,34)21-8-2-1-3-9-21/h1-4,6-11,16-17H,5,12-15H2,(H,29,32). The Morgan fingerprint density at radius 1 is 0.914 bits per heavy atom. The van der Waals surface area contributed by atoms with Crippen LogP contribution in [0.2, 0.25) is 0 Å². The van der Waals surface area contributed by atoms with Gasteiger partial charge >= 0.3 is 6.18 Å². The number of benzene rings is 2. The van der Waals surface area contributed by atoms with Crippen molar-refractivity contribution in [3.05, 3.63) is 84.1 Å². The summed E-state index contributed by atoms with van der Waals surface area (Å²) in [5.41, 5.74) is -0.682. The lowest BCUT2D eigenvalue weighted by molar-refractivity contribution is -0.137. The summed E-state index contributed by atoms with van der Waals surface area (Å²) in [4.78, 5) is 19.0. The van der Waals surface area contributed by atoms with Gasteiger partial charge in [-0.25, -0.2) is 13.4 Å². The first-order valence-corrected chi connectivity index (χ1v) is 12.3. The first kappa shape index (κ1) is 24.7. The second-order valence-electron chi connectivity index (χ2n) is 8.00. The lowest BCUT2D eigenvalue weighted by Crippen LogP contribution is -2.35. The molecule has 0 atom stereocenters. The lowest BCUT2D eigenvalue weighted by Gasteiger charge is -2.23. The average Bonchev–Trinajstić information content (AvgIpc) is 3.12. The fourth-order valence-corrected chi connectivity index (χ4v) is 5.28. The third-order valence-electron chi connectivity index (χ3n) is 5.62. The summed E-state index contributed by atoms with van der Waals surface area (Å²) in [5, 5.41) is 2.55. The topological polar surface area (TPSA) is 82.6 Å². The van der Waals surface area contributed by atoms with Gasteiger partial charge in [0.05, 0.1) is 22.3 Å². The number of pyridine rings is 1. The quantitative estimate of drug-likeness (QED) is 0.562. The molecule has 1 aromatic heterocycles. The molecule has 3 aromatic rings. The normalized spacial score (nSPS) is 15.5. The third-order valence-corrected chi connectivity index (χ3v) is 7.53. The number of carbonyl (C=O) groups is 1. The highest BCUT2D eigenvalue weighted by atomic mass is 32.2. The molecule has 1 fully saturated rings. The molecule has 0 unspecified atom stereocenters. The number of sulfonamides is 1. The van der Waals surface area contributed by atoms with Gasteiger partial charge in [0.2, 0.25) is 10.0 Å². The number of anilines is 2. The van der Waals surface area contributed by atoms with Gasteiger partial charge in [0, 0.05) is 31.7 Å². The number of nitrogens with zero attached hydrogens (tertiary/aromatic N) is 3. The number of nitrogens with one attached hydrogen (secondary N) is 1. The minimum atomic E-state index is -4.54. The summed E-state index contributed by atoms with van der Waals surface area (Å²) >= 11 is 0. The summed E-state index contributed by atoms with van der Waals surface area (Å²) in [5.74, 6) is -0.0665. The third kappa shape index (κ3) is 5.80. The van der Waals surface area contributed by atoms with Crippen LogP contribution in [0, 0.1) is 0 Å². The number of hydrogen-bond donors (Lipinski definition) is 1. The van der Waals surface area contributed by atoms with Crippen molar-refractivity contribution in [1.29, 1.82) is 0 Å². The van der Waals surface area contributed by atoms with Gasteiger partial charge in [-0.1, -0.05) is 24.3 Å². The monoisotopic (exact) mass is 504 g/mol. The molecule has 1 aliphatic heterocycles. The highest BCUT2D eigenvalue weighted by Crippen LogP contribution is 2.29. The minimum absolute atomic E-state index is 0.115. The van der Waals surface area contributed by atoms with Crippen molar-refractivity contribution in [2.45, 2.75) is 17.5 Å². The smallest absolute Gasteiger partial charge is 0.355 e. The lowest BCUT2D eigenvalue weighted by atomic mass is 10.1. The molecule has 0 saturated carbocycles. The van der Waals surface area contributed by atoms with E-state index in [0.717, 1.165) is 12.1 Å². The van der Waals surface area contributed by atoms with Crippen LogP contribution >= 0.6 is 0 Å². The van der Waals surface area contributed by atoms with Gasteiger partial charge in [-0.05, 0) is 48.9 Å². The van der Waals surface area contributed by atoms with Crippen LogP contribution in [-0.2, 0) is 16.2 Å². The summed E-state index contributed by atoms with van der Waals surface area (Å²) in [6, 6.07) is 15.8. The van der Waals surface area contributed by atoms with Crippen LogP contribution < -0.4 is 10.2 Å². The van der Waals surface area contributed by atoms with Crippen LogP contribution in [-0.4, -0.2) is 49.8 Å². The number of rotatable bonds is 5. The van der Waals surface area contributed by atoms with Crippen LogP contribution in [0.25, 0.3) is 0 Å². The predicted octanol–water partition coefficient (Wildman–Crippen LogP) is 4.25. The van der Waals surface area contributed by atoms with Crippen molar-refractivity contribution in [3.63, 3.8) is 0 Å². The second-order valence-corrected chi connectivity index (χ2v) is 9.93. The van der Waals surface area contributed by atoms with Crippen molar-refractivity contribution in [2.75, 3.05) is 36.4 Å². The number of carbonyl (C=O) groups excluding carboxylic acids is 1. The van der Waals surface area contributed by atoms with Gasteiger partial charge in [-0.3, -0.25) is 4.79 Å². The van der Waals surface area contributed by atoms with Crippen molar-refractivity contribution in [3.8, 4) is 0 Å². The Bertz CT molecular complexity index is 1280. The largest absolute Gasteiger partial charge is 0.416 e. The molecule has 1 saturated heterocycles. The van der Waals surface area contributed by atoms with Crippen molar-refractivity contribution in [2.24, 2.45) is 0 Å². The zero-order chi connectivity index (χ0) is 25.1. The zero-order valence-corrected chi connectivity index (χ0v) is 19.4. The van der Waals surface area contributed by atoms with E-state index in [1.807, 2.05) is 4.90 Å². The van der Waals surface area contributed by atoms with E-state index >= 15 is 0 Å². The van der Waals surface area contributed by atoms with Crippen LogP contribution in [0.4, 0.5) is 24.7 Å². The molecule has 35 heavy (non-hydrogen) atoms. The Kier molecular flexibility index (Phi) is 7.08. The second kappa shape index (κ2) is 10.0. The van der Waals surface area contributed by atoms with E-state index < -0.39 is 27.7 Å². The zero-order valence-electron chi connectivity index (χ0n) is 18.6. The molecule has 0 spiro atoms. The molecular formula is C24H23F3N4O3S. The molecule has 1 aliphatic rings. The Hall–Kier alpha value is -3.44. The molecular weight excluding hydrogens is 481 g/mol. The van der Waals surface area contributed by atoms with E-state index in [1.165, 1.54) is 22.6 Å². The van der Waals surface area contributed by atoms with Gasteiger partial charge in [0.1, 0.15) is 5.82 Å². The van der Waals surface area contributed by atoms with Crippen LogP contribution in [0.3, 0.4) is 0 Å². The highest BCUT2D eigenvalue weighted by molar-refractivity contribution is 7.89. The van der Waals surface area contributed by atoms with E-state index in [2.05, 4.69) is 10.3 Å². The Labute approximate surface area is 201 Å². The average molecular weight is 505 g/mol. The van der Waals surface area contributed by atoms with E-state index in [-0.39, 0.29) is 10.5 Å². The van der Waals surface area contributed by atoms with E-state index in [1.54, 1.807) is 42.5 Å². The molecule has 0 aliphatic carbocycles. The number of halogens is 3. The minimum Gasteiger partial charge on any atom is -0.355 e. The maximum Gasteiger partial charge on any atom is 0.416 e. The summed E-state index contributed by atoms with van der Waals surface area (Å²) in [6.07, 6.45) is -2.51. The van der Waals surface area contributed by atoms with Gasteiger partial charge in [0.15, 0.2) is 0 Å². The van der Waals surface area contributed by atoms with Crippen molar-refractivity contribution in [1.82, 2.24) is 9.29 Å². The van der Waals surface area contributed by atoms with Gasteiger partial charge in [-0.15, -0.1) is 0 Å². The molecule has 11 heteroatoms. The molecule has 184 valence electrons. The highest BCUT2D eigenvalue weighted by Gasteiger charge is 2.31. The Balaban J connectivity index is 1.40. The van der Waals surface area contributed by atoms with Gasteiger partial charge in [-0.2, -0.15) is 17.5 Å². The van der Waals surface area contributed by atoms with Gasteiger partial charge in [0.25, 0.3) is 5.91 Å². The number of amides is 1. The van der Waals surface area contributed by atoms with E-state index in [0.29, 0.717) is 44.1 Å². The first-order chi connectivity index (χ1) is 16.6. The molecule has 0 bridgehead atoms. The first-order valence-electron chi connectivity index (χ1n) is 10.9. The molecule has 2 heterocycles. The van der Waals surface area contributed by atoms with Gasteiger partial charge < -0.3 is 10.2 Å². The molecule has 1 N–H and O–H groups in total. The molecule has 4 rings (SSSR count). The van der Waals surface area contributed by atoms with Crippen molar-refractivity contribution >= 4 is 27.4 Å². The Morgan fingerprint density at radius 2 is 1.69 bits per heavy atom. The SMILES string of the molecule is O=C(Nc1ccc(N2CCCN(S(=O)(=O)c3ccccc3)CC2)nc1)c1cccc(C(F)(F)F)c1. The Morgan fingerprint density at radius 3 is 2.37 bits per heavy atom. The van der Waals surface area contributed by atoms with Crippen LogP contribution in [0.15, 0.2) is 77.8 Å². The fourth-order valence-electron chi connectivity index (χ4n) is 3.79. The molecule has 7 nitrogen and oxygen atoms in total.